The summed E-state index contributed by atoms with van der Waals surface area (Å²) >= 11 is 6.02. The molecule has 2 aromatic rings. The van der Waals surface area contributed by atoms with Gasteiger partial charge in [-0.2, -0.15) is 0 Å². The van der Waals surface area contributed by atoms with Crippen molar-refractivity contribution in [2.75, 3.05) is 0 Å². The summed E-state index contributed by atoms with van der Waals surface area (Å²) in [6.07, 6.45) is 0. The highest BCUT2D eigenvalue weighted by atomic mass is 35.5. The van der Waals surface area contributed by atoms with Gasteiger partial charge in [0.25, 0.3) is 0 Å². The molecule has 3 rings (SSSR count). The molecule has 1 saturated heterocycles. The molecule has 0 bridgehead atoms. The minimum atomic E-state index is -0.475. The Labute approximate surface area is 123 Å². The summed E-state index contributed by atoms with van der Waals surface area (Å²) in [6.45, 7) is 0.574. The minimum absolute atomic E-state index is 0.0150. The fraction of sp³-hybridized carbons (Fsp3) is 0.188. The lowest BCUT2D eigenvalue weighted by Crippen LogP contribution is -2.62. The SMILES string of the molecule is NC1C(=O)N(Cc2ccccc2)C1c1cccc(Cl)c1. The molecule has 0 saturated carbocycles. The number of amides is 1. The zero-order chi connectivity index (χ0) is 14.1. The molecule has 1 aliphatic heterocycles. The topological polar surface area (TPSA) is 46.3 Å². The molecule has 2 N–H and O–H groups in total. The number of β-lactam (4-membered cyclic amide) rings is 1. The maximum absolute atomic E-state index is 12.0. The Morgan fingerprint density at radius 2 is 1.85 bits per heavy atom. The van der Waals surface area contributed by atoms with Crippen LogP contribution in [0.5, 0.6) is 0 Å². The monoisotopic (exact) mass is 286 g/mol. The van der Waals surface area contributed by atoms with E-state index >= 15 is 0 Å². The lowest BCUT2D eigenvalue weighted by Gasteiger charge is -2.45. The average molecular weight is 287 g/mol. The van der Waals surface area contributed by atoms with Gasteiger partial charge in [0.15, 0.2) is 0 Å². The third kappa shape index (κ3) is 2.30. The quantitative estimate of drug-likeness (QED) is 0.882. The van der Waals surface area contributed by atoms with Crippen molar-refractivity contribution in [2.45, 2.75) is 18.6 Å². The first-order valence-electron chi connectivity index (χ1n) is 6.52. The largest absolute Gasteiger partial charge is 0.328 e. The third-order valence-electron chi connectivity index (χ3n) is 3.63. The Morgan fingerprint density at radius 3 is 2.55 bits per heavy atom. The molecular weight excluding hydrogens is 272 g/mol. The van der Waals surface area contributed by atoms with Crippen molar-refractivity contribution in [3.8, 4) is 0 Å². The van der Waals surface area contributed by atoms with Crippen LogP contribution in [0.4, 0.5) is 0 Å². The molecule has 1 heterocycles. The molecule has 0 spiro atoms. The first kappa shape index (κ1) is 13.2. The van der Waals surface area contributed by atoms with Crippen LogP contribution in [0.15, 0.2) is 54.6 Å². The predicted octanol–water partition coefficient (Wildman–Crippen LogP) is 2.75. The van der Waals surface area contributed by atoms with E-state index in [1.165, 1.54) is 0 Å². The molecule has 2 atom stereocenters. The summed E-state index contributed by atoms with van der Waals surface area (Å²) in [4.78, 5) is 13.8. The van der Waals surface area contributed by atoms with E-state index in [1.807, 2.05) is 54.6 Å². The highest BCUT2D eigenvalue weighted by Gasteiger charge is 2.45. The van der Waals surface area contributed by atoms with Crippen molar-refractivity contribution < 1.29 is 4.79 Å². The van der Waals surface area contributed by atoms with Crippen molar-refractivity contribution in [1.82, 2.24) is 4.90 Å². The number of nitrogens with zero attached hydrogens (tertiary/aromatic N) is 1. The van der Waals surface area contributed by atoms with Crippen LogP contribution in [-0.2, 0) is 11.3 Å². The molecule has 0 aromatic heterocycles. The van der Waals surface area contributed by atoms with Crippen molar-refractivity contribution in [2.24, 2.45) is 5.73 Å². The van der Waals surface area contributed by atoms with Crippen LogP contribution >= 0.6 is 11.6 Å². The lowest BCUT2D eigenvalue weighted by atomic mass is 9.88. The normalized spacial score (nSPS) is 21.7. The Morgan fingerprint density at radius 1 is 1.10 bits per heavy atom. The Bertz CT molecular complexity index is 629. The molecule has 1 fully saturated rings. The Hall–Kier alpha value is -1.84. The van der Waals surface area contributed by atoms with E-state index in [0.717, 1.165) is 11.1 Å². The molecular formula is C16H15ClN2O. The highest BCUT2D eigenvalue weighted by Crippen LogP contribution is 2.35. The number of carbonyl (C=O) groups is 1. The van der Waals surface area contributed by atoms with Gasteiger partial charge >= 0.3 is 0 Å². The number of hydrogen-bond acceptors (Lipinski definition) is 2. The number of likely N-dealkylation sites (tertiary alicyclic amines) is 1. The molecule has 3 nitrogen and oxygen atoms in total. The summed E-state index contributed by atoms with van der Waals surface area (Å²) in [5.41, 5.74) is 8.04. The number of rotatable bonds is 3. The second kappa shape index (κ2) is 5.27. The van der Waals surface area contributed by atoms with Crippen LogP contribution < -0.4 is 5.73 Å². The molecule has 2 aromatic carbocycles. The van der Waals surface area contributed by atoms with Crippen LogP contribution in [0.2, 0.25) is 5.02 Å². The molecule has 0 aliphatic carbocycles. The van der Waals surface area contributed by atoms with E-state index in [4.69, 9.17) is 17.3 Å². The van der Waals surface area contributed by atoms with Gasteiger partial charge in [-0.05, 0) is 23.3 Å². The zero-order valence-corrected chi connectivity index (χ0v) is 11.6. The zero-order valence-electron chi connectivity index (χ0n) is 10.9. The Kier molecular flexibility index (Phi) is 3.47. The molecule has 1 amide bonds. The summed E-state index contributed by atoms with van der Waals surface area (Å²) in [5.74, 6) is -0.0150. The van der Waals surface area contributed by atoms with Gasteiger partial charge in [-0.1, -0.05) is 54.1 Å². The number of halogens is 1. The summed E-state index contributed by atoms with van der Waals surface area (Å²) < 4.78 is 0. The van der Waals surface area contributed by atoms with E-state index < -0.39 is 6.04 Å². The Balaban J connectivity index is 1.84. The standard InChI is InChI=1S/C16H15ClN2O/c17-13-8-4-7-12(9-13)15-14(18)16(20)19(15)10-11-5-2-1-3-6-11/h1-9,14-15H,10,18H2. The summed E-state index contributed by atoms with van der Waals surface area (Å²) in [5, 5.41) is 0.661. The molecule has 2 unspecified atom stereocenters. The lowest BCUT2D eigenvalue weighted by molar-refractivity contribution is -0.150. The van der Waals surface area contributed by atoms with Crippen LogP contribution in [0.1, 0.15) is 17.2 Å². The number of carbonyl (C=O) groups excluding carboxylic acids is 1. The third-order valence-corrected chi connectivity index (χ3v) is 3.87. The second-order valence-corrected chi connectivity index (χ2v) is 5.41. The highest BCUT2D eigenvalue weighted by molar-refractivity contribution is 6.30. The van der Waals surface area contributed by atoms with Crippen molar-refractivity contribution in [3.63, 3.8) is 0 Å². The van der Waals surface area contributed by atoms with Gasteiger partial charge in [-0.15, -0.1) is 0 Å². The van der Waals surface area contributed by atoms with Crippen molar-refractivity contribution in [1.29, 1.82) is 0 Å². The van der Waals surface area contributed by atoms with E-state index in [9.17, 15) is 4.79 Å². The molecule has 0 radical (unpaired) electrons. The van der Waals surface area contributed by atoms with Gasteiger partial charge in [0.2, 0.25) is 5.91 Å². The summed E-state index contributed by atoms with van der Waals surface area (Å²) in [7, 11) is 0. The van der Waals surface area contributed by atoms with E-state index in [-0.39, 0.29) is 11.9 Å². The van der Waals surface area contributed by atoms with Gasteiger partial charge in [0.05, 0.1) is 6.04 Å². The fourth-order valence-electron chi connectivity index (χ4n) is 2.61. The van der Waals surface area contributed by atoms with Crippen LogP contribution in [0.3, 0.4) is 0 Å². The molecule has 20 heavy (non-hydrogen) atoms. The maximum Gasteiger partial charge on any atom is 0.242 e. The van der Waals surface area contributed by atoms with Gasteiger partial charge in [0.1, 0.15) is 6.04 Å². The fourth-order valence-corrected chi connectivity index (χ4v) is 2.81. The van der Waals surface area contributed by atoms with Crippen LogP contribution in [0, 0.1) is 0 Å². The number of nitrogens with two attached hydrogens (primary N) is 1. The number of hydrogen-bond donors (Lipinski definition) is 1. The van der Waals surface area contributed by atoms with E-state index in [1.54, 1.807) is 4.90 Å². The molecule has 102 valence electrons. The van der Waals surface area contributed by atoms with Crippen LogP contribution in [0.25, 0.3) is 0 Å². The van der Waals surface area contributed by atoms with Crippen molar-refractivity contribution >= 4 is 17.5 Å². The average Bonchev–Trinajstić information content (AvgIpc) is 2.47. The van der Waals surface area contributed by atoms with Gasteiger partial charge < -0.3 is 10.6 Å². The molecule has 4 heteroatoms. The predicted molar refractivity (Wildman–Crippen MR) is 79.2 cm³/mol. The molecule has 1 aliphatic rings. The number of benzene rings is 2. The smallest absolute Gasteiger partial charge is 0.242 e. The van der Waals surface area contributed by atoms with Crippen molar-refractivity contribution in [3.05, 3.63) is 70.7 Å². The summed E-state index contributed by atoms with van der Waals surface area (Å²) in [6, 6.07) is 16.9. The maximum atomic E-state index is 12.0. The second-order valence-electron chi connectivity index (χ2n) is 4.98. The van der Waals surface area contributed by atoms with Crippen LogP contribution in [-0.4, -0.2) is 16.8 Å². The van der Waals surface area contributed by atoms with Gasteiger partial charge in [-0.25, -0.2) is 0 Å². The van der Waals surface area contributed by atoms with Gasteiger partial charge in [-0.3, -0.25) is 4.79 Å². The van der Waals surface area contributed by atoms with E-state index in [0.29, 0.717) is 11.6 Å². The van der Waals surface area contributed by atoms with E-state index in [2.05, 4.69) is 0 Å². The van der Waals surface area contributed by atoms with Gasteiger partial charge in [0, 0.05) is 11.6 Å². The minimum Gasteiger partial charge on any atom is -0.328 e. The first-order chi connectivity index (χ1) is 9.66. The first-order valence-corrected chi connectivity index (χ1v) is 6.90.